The summed E-state index contributed by atoms with van der Waals surface area (Å²) in [6, 6.07) is 0.380. The van der Waals surface area contributed by atoms with Gasteiger partial charge in [-0.1, -0.05) is 0 Å². The van der Waals surface area contributed by atoms with Gasteiger partial charge >= 0.3 is 0 Å². The summed E-state index contributed by atoms with van der Waals surface area (Å²) in [6.07, 6.45) is 5.12. The number of rotatable bonds is 3. The topological polar surface area (TPSA) is 55.1 Å². The summed E-state index contributed by atoms with van der Waals surface area (Å²) in [4.78, 5) is 11.3. The van der Waals surface area contributed by atoms with Crippen LogP contribution in [0.3, 0.4) is 0 Å². The highest BCUT2D eigenvalue weighted by Gasteiger charge is 2.20. The van der Waals surface area contributed by atoms with Crippen LogP contribution >= 0.6 is 0 Å². The molecule has 76 valence electrons. The van der Waals surface area contributed by atoms with E-state index in [1.165, 1.54) is 0 Å². The summed E-state index contributed by atoms with van der Waals surface area (Å²) in [5.74, 6) is 0.773. The number of hydrogen-bond acceptors (Lipinski definition) is 2. The van der Waals surface area contributed by atoms with Gasteiger partial charge in [-0.05, 0) is 38.5 Å². The first-order valence-corrected chi connectivity index (χ1v) is 5.24. The molecule has 0 atom stereocenters. The maximum Gasteiger partial charge on any atom is 0.220 e. The third-order valence-corrected chi connectivity index (χ3v) is 2.74. The Labute approximate surface area is 80.1 Å². The van der Waals surface area contributed by atoms with Gasteiger partial charge in [-0.25, -0.2) is 0 Å². The molecule has 0 spiro atoms. The fraction of sp³-hybridized carbons (Fsp3) is 0.900. The van der Waals surface area contributed by atoms with E-state index in [2.05, 4.69) is 5.32 Å². The summed E-state index contributed by atoms with van der Waals surface area (Å²) in [5.41, 5.74) is 5.79. The Hall–Kier alpha value is -0.570. The molecule has 0 radical (unpaired) electrons. The lowest BCUT2D eigenvalue weighted by atomic mass is 9.84. The molecule has 13 heavy (non-hydrogen) atoms. The number of nitrogens with one attached hydrogen (secondary N) is 1. The third-order valence-electron chi connectivity index (χ3n) is 2.74. The van der Waals surface area contributed by atoms with Crippen molar-refractivity contribution in [1.82, 2.24) is 5.32 Å². The molecule has 0 aliphatic heterocycles. The normalized spacial score (nSPS) is 28.5. The minimum atomic E-state index is 0.197. The minimum Gasteiger partial charge on any atom is -0.356 e. The second-order valence-corrected chi connectivity index (χ2v) is 3.94. The Morgan fingerprint density at radius 1 is 1.38 bits per heavy atom. The molecule has 3 nitrogen and oxygen atoms in total. The maximum absolute atomic E-state index is 11.3. The van der Waals surface area contributed by atoms with Crippen molar-refractivity contribution in [3.05, 3.63) is 0 Å². The van der Waals surface area contributed by atoms with Gasteiger partial charge in [0.1, 0.15) is 0 Å². The molecule has 1 aliphatic rings. The van der Waals surface area contributed by atoms with E-state index in [-0.39, 0.29) is 5.91 Å². The molecule has 3 heteroatoms. The van der Waals surface area contributed by atoms with Crippen molar-refractivity contribution >= 4 is 5.91 Å². The van der Waals surface area contributed by atoms with Gasteiger partial charge in [0.25, 0.3) is 0 Å². The van der Waals surface area contributed by atoms with Crippen LogP contribution < -0.4 is 11.1 Å². The molecule has 0 unspecified atom stereocenters. The van der Waals surface area contributed by atoms with Crippen LogP contribution in [0.5, 0.6) is 0 Å². The quantitative estimate of drug-likeness (QED) is 0.688. The minimum absolute atomic E-state index is 0.197. The van der Waals surface area contributed by atoms with Crippen LogP contribution in [-0.4, -0.2) is 18.5 Å². The molecule has 0 aromatic carbocycles. The number of amides is 1. The van der Waals surface area contributed by atoms with Crippen molar-refractivity contribution in [1.29, 1.82) is 0 Å². The second-order valence-electron chi connectivity index (χ2n) is 3.94. The zero-order valence-electron chi connectivity index (χ0n) is 8.38. The first kappa shape index (κ1) is 10.5. The van der Waals surface area contributed by atoms with Crippen LogP contribution in [0, 0.1) is 5.92 Å². The summed E-state index contributed by atoms with van der Waals surface area (Å²) in [7, 11) is 0. The lowest BCUT2D eigenvalue weighted by Gasteiger charge is -2.25. The standard InChI is InChI=1S/C10H20N2O/c1-2-12-10(13)7-8-3-5-9(11)6-4-8/h8-9H,2-7,11H2,1H3,(H,12,13). The molecular formula is C10H20N2O. The van der Waals surface area contributed by atoms with Crippen molar-refractivity contribution in [2.45, 2.75) is 45.1 Å². The van der Waals surface area contributed by atoms with Gasteiger partial charge in [-0.3, -0.25) is 4.79 Å². The van der Waals surface area contributed by atoms with Gasteiger partial charge in [0.2, 0.25) is 5.91 Å². The Kier molecular flexibility index (Phi) is 4.22. The molecule has 0 aromatic heterocycles. The lowest BCUT2D eigenvalue weighted by Crippen LogP contribution is -2.30. The third kappa shape index (κ3) is 3.77. The van der Waals surface area contributed by atoms with Gasteiger partial charge in [0.05, 0.1) is 0 Å². The van der Waals surface area contributed by atoms with E-state index in [1.807, 2.05) is 6.92 Å². The molecule has 3 N–H and O–H groups in total. The van der Waals surface area contributed by atoms with Gasteiger partial charge in [0.15, 0.2) is 0 Å². The van der Waals surface area contributed by atoms with Crippen molar-refractivity contribution in [2.75, 3.05) is 6.54 Å². The van der Waals surface area contributed by atoms with Crippen LogP contribution in [-0.2, 0) is 4.79 Å². The van der Waals surface area contributed by atoms with Gasteiger partial charge < -0.3 is 11.1 Å². The number of carbonyl (C=O) groups is 1. The van der Waals surface area contributed by atoms with Gasteiger partial charge in [-0.15, -0.1) is 0 Å². The Bertz CT molecular complexity index is 162. The summed E-state index contributed by atoms with van der Waals surface area (Å²) >= 11 is 0. The maximum atomic E-state index is 11.3. The van der Waals surface area contributed by atoms with Crippen molar-refractivity contribution in [3.63, 3.8) is 0 Å². The summed E-state index contributed by atoms with van der Waals surface area (Å²) in [6.45, 7) is 2.69. The van der Waals surface area contributed by atoms with Crippen molar-refractivity contribution in [3.8, 4) is 0 Å². The van der Waals surface area contributed by atoms with Crippen LogP contribution in [0.25, 0.3) is 0 Å². The number of hydrogen-bond donors (Lipinski definition) is 2. The summed E-state index contributed by atoms with van der Waals surface area (Å²) < 4.78 is 0. The van der Waals surface area contributed by atoms with Crippen molar-refractivity contribution in [2.24, 2.45) is 11.7 Å². The summed E-state index contributed by atoms with van der Waals surface area (Å²) in [5, 5.41) is 2.83. The monoisotopic (exact) mass is 184 g/mol. The van der Waals surface area contributed by atoms with Crippen LogP contribution in [0.2, 0.25) is 0 Å². The largest absolute Gasteiger partial charge is 0.356 e. The molecular weight excluding hydrogens is 164 g/mol. The van der Waals surface area contributed by atoms with E-state index in [0.717, 1.165) is 32.2 Å². The molecule has 1 saturated carbocycles. The Morgan fingerprint density at radius 2 is 2.00 bits per heavy atom. The molecule has 0 saturated heterocycles. The van der Waals surface area contributed by atoms with Crippen LogP contribution in [0.15, 0.2) is 0 Å². The van der Waals surface area contributed by atoms with E-state index in [4.69, 9.17) is 5.73 Å². The van der Waals surface area contributed by atoms with Gasteiger partial charge in [0, 0.05) is 19.0 Å². The second kappa shape index (κ2) is 5.22. The fourth-order valence-electron chi connectivity index (χ4n) is 1.92. The number of nitrogens with two attached hydrogens (primary N) is 1. The number of carbonyl (C=O) groups excluding carboxylic acids is 1. The Morgan fingerprint density at radius 3 is 2.54 bits per heavy atom. The molecule has 1 amide bonds. The highest BCUT2D eigenvalue weighted by Crippen LogP contribution is 2.25. The molecule has 1 aliphatic carbocycles. The lowest BCUT2D eigenvalue weighted by molar-refractivity contribution is -0.122. The van der Waals surface area contributed by atoms with Gasteiger partial charge in [-0.2, -0.15) is 0 Å². The molecule has 1 rings (SSSR count). The fourth-order valence-corrected chi connectivity index (χ4v) is 1.92. The SMILES string of the molecule is CCNC(=O)CC1CCC(N)CC1. The predicted octanol–water partition coefficient (Wildman–Crippen LogP) is 1.03. The van der Waals surface area contributed by atoms with Crippen LogP contribution in [0.1, 0.15) is 39.0 Å². The molecule has 0 aromatic rings. The zero-order chi connectivity index (χ0) is 9.68. The average molecular weight is 184 g/mol. The van der Waals surface area contributed by atoms with E-state index >= 15 is 0 Å². The molecule has 0 heterocycles. The van der Waals surface area contributed by atoms with E-state index in [1.54, 1.807) is 0 Å². The first-order valence-electron chi connectivity index (χ1n) is 5.24. The van der Waals surface area contributed by atoms with E-state index in [9.17, 15) is 4.79 Å². The van der Waals surface area contributed by atoms with E-state index < -0.39 is 0 Å². The van der Waals surface area contributed by atoms with Crippen LogP contribution in [0.4, 0.5) is 0 Å². The molecule has 0 bridgehead atoms. The average Bonchev–Trinajstić information content (AvgIpc) is 2.09. The van der Waals surface area contributed by atoms with Crippen molar-refractivity contribution < 1.29 is 4.79 Å². The van der Waals surface area contributed by atoms with E-state index in [0.29, 0.717) is 18.4 Å². The highest BCUT2D eigenvalue weighted by atomic mass is 16.1. The molecule has 1 fully saturated rings. The smallest absolute Gasteiger partial charge is 0.220 e. The predicted molar refractivity (Wildman–Crippen MR) is 53.2 cm³/mol. The highest BCUT2D eigenvalue weighted by molar-refractivity contribution is 5.76. The first-order chi connectivity index (χ1) is 6.22. The Balaban J connectivity index is 2.18. The zero-order valence-corrected chi connectivity index (χ0v) is 8.38.